The minimum atomic E-state index is -0.283. The summed E-state index contributed by atoms with van der Waals surface area (Å²) in [6, 6.07) is 25.6. The number of aromatic nitrogens is 2. The van der Waals surface area contributed by atoms with E-state index in [4.69, 9.17) is 4.98 Å². The molecule has 0 aliphatic carbocycles. The summed E-state index contributed by atoms with van der Waals surface area (Å²) in [4.78, 5) is 18.2. The number of halogens is 1. The van der Waals surface area contributed by atoms with E-state index in [1.54, 1.807) is 0 Å². The number of hydrogen-bond donors (Lipinski definition) is 2. The fourth-order valence-corrected chi connectivity index (χ4v) is 4.30. The van der Waals surface area contributed by atoms with Crippen LogP contribution in [0.5, 0.6) is 0 Å². The van der Waals surface area contributed by atoms with Gasteiger partial charge in [-0.3, -0.25) is 9.36 Å². The first-order chi connectivity index (χ1) is 14.6. The highest BCUT2D eigenvalue weighted by atomic mass is 127. The molecule has 0 saturated heterocycles. The summed E-state index contributed by atoms with van der Waals surface area (Å²) in [5.74, 6) is 0.617. The molecule has 1 aliphatic heterocycles. The number of imidazole rings is 1. The highest BCUT2D eigenvalue weighted by Gasteiger charge is 2.34. The lowest BCUT2D eigenvalue weighted by Crippen LogP contribution is -2.30. The lowest BCUT2D eigenvalue weighted by molar-refractivity contribution is -0.113. The normalized spacial score (nSPS) is 15.6. The molecule has 0 saturated carbocycles. The third kappa shape index (κ3) is 3.27. The molecular formula is C24H19IN4O. The Kier molecular flexibility index (Phi) is 4.78. The van der Waals surface area contributed by atoms with Crippen molar-refractivity contribution in [1.82, 2.24) is 9.55 Å². The van der Waals surface area contributed by atoms with E-state index in [-0.39, 0.29) is 11.9 Å². The van der Waals surface area contributed by atoms with E-state index in [1.807, 2.05) is 61.5 Å². The van der Waals surface area contributed by atoms with Gasteiger partial charge in [-0.1, -0.05) is 42.5 Å². The SMILES string of the molecule is CC1=C(C(=O)Nc2ccccc2)[C@H](c2ccc(I)cc2)n2c(nc3ccccc32)N1. The van der Waals surface area contributed by atoms with Crippen LogP contribution in [0, 0.1) is 3.57 Å². The zero-order chi connectivity index (χ0) is 20.7. The average Bonchev–Trinajstić information content (AvgIpc) is 3.12. The number of amides is 1. The first-order valence-corrected chi connectivity index (χ1v) is 10.8. The molecule has 0 spiro atoms. The first-order valence-electron chi connectivity index (χ1n) is 9.68. The number of allylic oxidation sites excluding steroid dienone is 1. The van der Waals surface area contributed by atoms with Crippen molar-refractivity contribution in [3.63, 3.8) is 0 Å². The first kappa shape index (κ1) is 18.9. The van der Waals surface area contributed by atoms with Crippen molar-refractivity contribution in [3.05, 3.63) is 99.3 Å². The van der Waals surface area contributed by atoms with Gasteiger partial charge in [-0.05, 0) is 71.5 Å². The molecule has 1 amide bonds. The summed E-state index contributed by atoms with van der Waals surface area (Å²) < 4.78 is 3.27. The van der Waals surface area contributed by atoms with Crippen LogP contribution in [0.25, 0.3) is 11.0 Å². The molecule has 5 nitrogen and oxygen atoms in total. The molecule has 148 valence electrons. The maximum Gasteiger partial charge on any atom is 0.255 e. The van der Waals surface area contributed by atoms with Gasteiger partial charge in [-0.15, -0.1) is 0 Å². The minimum absolute atomic E-state index is 0.127. The molecule has 6 heteroatoms. The highest BCUT2D eigenvalue weighted by molar-refractivity contribution is 14.1. The van der Waals surface area contributed by atoms with Crippen LogP contribution in [0.1, 0.15) is 18.5 Å². The predicted octanol–water partition coefficient (Wildman–Crippen LogP) is 5.57. The summed E-state index contributed by atoms with van der Waals surface area (Å²) in [7, 11) is 0. The molecule has 2 N–H and O–H groups in total. The van der Waals surface area contributed by atoms with Gasteiger partial charge < -0.3 is 10.6 Å². The lowest BCUT2D eigenvalue weighted by atomic mass is 9.94. The van der Waals surface area contributed by atoms with E-state index in [0.717, 1.165) is 37.5 Å². The maximum absolute atomic E-state index is 13.5. The lowest BCUT2D eigenvalue weighted by Gasteiger charge is -2.30. The average molecular weight is 506 g/mol. The van der Waals surface area contributed by atoms with Crippen molar-refractivity contribution < 1.29 is 4.79 Å². The summed E-state index contributed by atoms with van der Waals surface area (Å²) >= 11 is 2.30. The second-order valence-corrected chi connectivity index (χ2v) is 8.48. The fraction of sp³-hybridized carbons (Fsp3) is 0.0833. The number of hydrogen-bond acceptors (Lipinski definition) is 3. The quantitative estimate of drug-likeness (QED) is 0.358. The van der Waals surface area contributed by atoms with Crippen LogP contribution in [0.2, 0.25) is 0 Å². The summed E-state index contributed by atoms with van der Waals surface area (Å²) in [5, 5.41) is 6.40. The molecule has 0 fully saturated rings. The number of nitrogens with one attached hydrogen (secondary N) is 2. The van der Waals surface area contributed by atoms with Gasteiger partial charge in [0.15, 0.2) is 0 Å². The van der Waals surface area contributed by atoms with Gasteiger partial charge in [0.1, 0.15) is 0 Å². The van der Waals surface area contributed by atoms with E-state index in [1.165, 1.54) is 0 Å². The van der Waals surface area contributed by atoms with Gasteiger partial charge in [0, 0.05) is 15.0 Å². The molecular weight excluding hydrogens is 487 g/mol. The van der Waals surface area contributed by atoms with Crippen LogP contribution in [0.15, 0.2) is 90.1 Å². The van der Waals surface area contributed by atoms with E-state index in [9.17, 15) is 4.79 Å². The molecule has 5 rings (SSSR count). The van der Waals surface area contributed by atoms with Gasteiger partial charge in [0.2, 0.25) is 5.95 Å². The number of carbonyl (C=O) groups excluding carboxylic acids is 1. The zero-order valence-electron chi connectivity index (χ0n) is 16.3. The Morgan fingerprint density at radius 2 is 1.70 bits per heavy atom. The topological polar surface area (TPSA) is 59.0 Å². The number of fused-ring (bicyclic) bond motifs is 3. The number of benzene rings is 3. The molecule has 0 bridgehead atoms. The molecule has 4 aromatic rings. The molecule has 1 aliphatic rings. The minimum Gasteiger partial charge on any atom is -0.329 e. The van der Waals surface area contributed by atoms with Gasteiger partial charge in [-0.25, -0.2) is 4.98 Å². The predicted molar refractivity (Wildman–Crippen MR) is 128 cm³/mol. The second kappa shape index (κ2) is 7.60. The van der Waals surface area contributed by atoms with E-state index in [0.29, 0.717) is 5.57 Å². The Bertz CT molecular complexity index is 1280. The van der Waals surface area contributed by atoms with Crippen LogP contribution >= 0.6 is 22.6 Å². The largest absolute Gasteiger partial charge is 0.329 e. The third-order valence-electron chi connectivity index (χ3n) is 5.29. The molecule has 30 heavy (non-hydrogen) atoms. The van der Waals surface area contributed by atoms with Crippen LogP contribution in [-0.2, 0) is 4.79 Å². The van der Waals surface area contributed by atoms with E-state index in [2.05, 4.69) is 62.1 Å². The zero-order valence-corrected chi connectivity index (χ0v) is 18.4. The van der Waals surface area contributed by atoms with Gasteiger partial charge >= 0.3 is 0 Å². The summed E-state index contributed by atoms with van der Waals surface area (Å²) in [6.07, 6.45) is 0. The Morgan fingerprint density at radius 3 is 2.47 bits per heavy atom. The van der Waals surface area contributed by atoms with Crippen molar-refractivity contribution in [3.8, 4) is 0 Å². The molecule has 1 aromatic heterocycles. The van der Waals surface area contributed by atoms with Gasteiger partial charge in [-0.2, -0.15) is 0 Å². The van der Waals surface area contributed by atoms with Gasteiger partial charge in [0.25, 0.3) is 5.91 Å². The number of anilines is 2. The number of para-hydroxylation sites is 3. The van der Waals surface area contributed by atoms with Crippen molar-refractivity contribution in [1.29, 1.82) is 0 Å². The number of nitrogens with zero attached hydrogens (tertiary/aromatic N) is 2. The maximum atomic E-state index is 13.5. The van der Waals surface area contributed by atoms with Crippen molar-refractivity contribution >= 4 is 51.2 Å². The molecule has 0 radical (unpaired) electrons. The Morgan fingerprint density at radius 1 is 1.00 bits per heavy atom. The molecule has 0 unspecified atom stereocenters. The summed E-state index contributed by atoms with van der Waals surface area (Å²) in [5.41, 5.74) is 5.17. The van der Waals surface area contributed by atoms with Crippen molar-refractivity contribution in [2.45, 2.75) is 13.0 Å². The standard InChI is InChI=1S/C24H19IN4O/c1-15-21(23(30)27-18-7-3-2-4-8-18)22(16-11-13-17(25)14-12-16)29-20-10-6-5-9-19(20)28-24(29)26-15/h2-14,22H,1H3,(H,26,28)(H,27,30)/t22-/m0/s1. The van der Waals surface area contributed by atoms with E-state index < -0.39 is 0 Å². The van der Waals surface area contributed by atoms with Crippen LogP contribution in [0.3, 0.4) is 0 Å². The molecule has 1 atom stereocenters. The smallest absolute Gasteiger partial charge is 0.255 e. The van der Waals surface area contributed by atoms with Crippen molar-refractivity contribution in [2.75, 3.05) is 10.6 Å². The van der Waals surface area contributed by atoms with E-state index >= 15 is 0 Å². The van der Waals surface area contributed by atoms with Crippen LogP contribution < -0.4 is 10.6 Å². The van der Waals surface area contributed by atoms with Crippen LogP contribution in [0.4, 0.5) is 11.6 Å². The Labute approximate surface area is 188 Å². The monoisotopic (exact) mass is 506 g/mol. The van der Waals surface area contributed by atoms with Crippen molar-refractivity contribution in [2.24, 2.45) is 0 Å². The summed E-state index contributed by atoms with van der Waals surface area (Å²) in [6.45, 7) is 1.93. The second-order valence-electron chi connectivity index (χ2n) is 7.23. The number of carbonyl (C=O) groups is 1. The van der Waals surface area contributed by atoms with Crippen LogP contribution in [-0.4, -0.2) is 15.5 Å². The Hall–Kier alpha value is -3.13. The fourth-order valence-electron chi connectivity index (χ4n) is 3.94. The Balaban J connectivity index is 1.68. The number of rotatable bonds is 3. The molecule has 2 heterocycles. The molecule has 3 aromatic carbocycles. The highest BCUT2D eigenvalue weighted by Crippen LogP contribution is 2.39. The third-order valence-corrected chi connectivity index (χ3v) is 6.01. The van der Waals surface area contributed by atoms with Gasteiger partial charge in [0.05, 0.1) is 22.6 Å².